The maximum absolute atomic E-state index is 11.6. The molecule has 0 bridgehead atoms. The van der Waals surface area contributed by atoms with E-state index in [2.05, 4.69) is 15.6 Å². The largest absolute Gasteiger partial charge is 0.326 e. The van der Waals surface area contributed by atoms with Crippen LogP contribution in [0.2, 0.25) is 5.02 Å². The van der Waals surface area contributed by atoms with Gasteiger partial charge in [-0.2, -0.15) is 0 Å². The summed E-state index contributed by atoms with van der Waals surface area (Å²) in [5.74, 6) is 0.483. The zero-order valence-electron chi connectivity index (χ0n) is 9.14. The highest BCUT2D eigenvalue weighted by Gasteiger charge is 2.05. The van der Waals surface area contributed by atoms with Crippen molar-refractivity contribution < 1.29 is 4.79 Å². The highest BCUT2D eigenvalue weighted by atomic mass is 35.5. The molecular formula is C11H11ClN4O. The Balaban J connectivity index is 1.98. The molecule has 0 fully saturated rings. The van der Waals surface area contributed by atoms with Gasteiger partial charge in [0.05, 0.1) is 0 Å². The van der Waals surface area contributed by atoms with Gasteiger partial charge >= 0.3 is 6.03 Å². The lowest BCUT2D eigenvalue weighted by Gasteiger charge is -2.07. The normalized spacial score (nSPS) is 10.0. The smallest absolute Gasteiger partial charge is 0.320 e. The van der Waals surface area contributed by atoms with Crippen LogP contribution in [-0.4, -0.2) is 15.6 Å². The van der Waals surface area contributed by atoms with Crippen LogP contribution in [0.4, 0.5) is 16.4 Å². The van der Waals surface area contributed by atoms with Crippen molar-refractivity contribution in [1.82, 2.24) is 9.55 Å². The number of hydrogen-bond donors (Lipinski definition) is 2. The molecule has 1 aromatic heterocycles. The first-order chi connectivity index (χ1) is 8.15. The number of hydrogen-bond acceptors (Lipinski definition) is 2. The van der Waals surface area contributed by atoms with E-state index in [1.165, 1.54) is 0 Å². The molecule has 17 heavy (non-hydrogen) atoms. The van der Waals surface area contributed by atoms with Crippen LogP contribution in [0.15, 0.2) is 36.7 Å². The molecule has 1 heterocycles. The number of nitrogens with one attached hydrogen (secondary N) is 2. The molecule has 1 aromatic carbocycles. The van der Waals surface area contributed by atoms with E-state index < -0.39 is 0 Å². The van der Waals surface area contributed by atoms with Gasteiger partial charge in [-0.15, -0.1) is 0 Å². The molecule has 0 saturated heterocycles. The van der Waals surface area contributed by atoms with Crippen molar-refractivity contribution in [2.24, 2.45) is 7.05 Å². The average molecular weight is 251 g/mol. The zero-order chi connectivity index (χ0) is 12.3. The third kappa shape index (κ3) is 2.98. The molecule has 88 valence electrons. The zero-order valence-corrected chi connectivity index (χ0v) is 9.90. The van der Waals surface area contributed by atoms with Gasteiger partial charge in [0.25, 0.3) is 0 Å². The Hall–Kier alpha value is -2.01. The summed E-state index contributed by atoms with van der Waals surface area (Å²) in [6.45, 7) is 0. The molecule has 2 aromatic rings. The molecule has 0 spiro atoms. The summed E-state index contributed by atoms with van der Waals surface area (Å²) in [4.78, 5) is 15.6. The summed E-state index contributed by atoms with van der Waals surface area (Å²) in [6.07, 6.45) is 3.36. The molecule has 0 saturated carbocycles. The Kier molecular flexibility index (Phi) is 3.30. The Labute approximate surface area is 103 Å². The van der Waals surface area contributed by atoms with Crippen molar-refractivity contribution in [2.45, 2.75) is 0 Å². The molecule has 2 rings (SSSR count). The Bertz CT molecular complexity index is 521. The standard InChI is InChI=1S/C11H11ClN4O/c1-16-7-6-13-10(16)15-11(17)14-9-4-2-8(12)3-5-9/h2-7H,1H3,(H2,13,14,15,17). The lowest BCUT2D eigenvalue weighted by Crippen LogP contribution is -2.21. The Morgan fingerprint density at radius 2 is 2.00 bits per heavy atom. The predicted molar refractivity (Wildman–Crippen MR) is 67.3 cm³/mol. The fraction of sp³-hybridized carbons (Fsp3) is 0.0909. The van der Waals surface area contributed by atoms with Gasteiger partial charge in [-0.25, -0.2) is 9.78 Å². The molecule has 0 aliphatic heterocycles. The minimum Gasteiger partial charge on any atom is -0.320 e. The quantitative estimate of drug-likeness (QED) is 0.861. The van der Waals surface area contributed by atoms with Crippen LogP contribution in [0, 0.1) is 0 Å². The minimum atomic E-state index is -0.346. The summed E-state index contributed by atoms with van der Waals surface area (Å²) in [6, 6.07) is 6.51. The third-order valence-electron chi connectivity index (χ3n) is 2.15. The number of nitrogens with zero attached hydrogens (tertiary/aromatic N) is 2. The number of imidazole rings is 1. The van der Waals surface area contributed by atoms with Gasteiger partial charge in [-0.05, 0) is 24.3 Å². The van der Waals surface area contributed by atoms with Gasteiger partial charge in [-0.3, -0.25) is 5.32 Å². The summed E-state index contributed by atoms with van der Waals surface area (Å²) in [5, 5.41) is 5.92. The van der Waals surface area contributed by atoms with Gasteiger partial charge in [-0.1, -0.05) is 11.6 Å². The molecule has 0 atom stereocenters. The number of carbonyl (C=O) groups is 1. The number of urea groups is 1. The second kappa shape index (κ2) is 4.88. The molecule has 0 aliphatic carbocycles. The Morgan fingerprint density at radius 1 is 1.29 bits per heavy atom. The van der Waals surface area contributed by atoms with E-state index in [1.807, 2.05) is 0 Å². The maximum Gasteiger partial charge on any atom is 0.326 e. The number of halogens is 1. The summed E-state index contributed by atoms with van der Waals surface area (Å²) >= 11 is 5.74. The molecule has 2 N–H and O–H groups in total. The second-order valence-corrected chi connectivity index (χ2v) is 3.88. The predicted octanol–water partition coefficient (Wildman–Crippen LogP) is 2.72. The van der Waals surface area contributed by atoms with Crippen LogP contribution in [0.1, 0.15) is 0 Å². The topological polar surface area (TPSA) is 59.0 Å². The summed E-state index contributed by atoms with van der Waals surface area (Å²) < 4.78 is 1.71. The first-order valence-electron chi connectivity index (χ1n) is 4.96. The van der Waals surface area contributed by atoms with E-state index >= 15 is 0 Å². The molecule has 0 unspecified atom stereocenters. The molecule has 6 heteroatoms. The van der Waals surface area contributed by atoms with Crippen molar-refractivity contribution in [3.63, 3.8) is 0 Å². The van der Waals surface area contributed by atoms with E-state index in [4.69, 9.17) is 11.6 Å². The van der Waals surface area contributed by atoms with Gasteiger partial charge in [0.15, 0.2) is 0 Å². The molecular weight excluding hydrogens is 240 g/mol. The second-order valence-electron chi connectivity index (χ2n) is 3.45. The third-order valence-corrected chi connectivity index (χ3v) is 2.40. The monoisotopic (exact) mass is 250 g/mol. The van der Waals surface area contributed by atoms with Crippen LogP contribution in [0.5, 0.6) is 0 Å². The van der Waals surface area contributed by atoms with E-state index in [1.54, 1.807) is 48.3 Å². The van der Waals surface area contributed by atoms with Crippen molar-refractivity contribution in [2.75, 3.05) is 10.6 Å². The fourth-order valence-corrected chi connectivity index (χ4v) is 1.41. The summed E-state index contributed by atoms with van der Waals surface area (Å²) in [7, 11) is 1.80. The lowest BCUT2D eigenvalue weighted by atomic mass is 10.3. The lowest BCUT2D eigenvalue weighted by molar-refractivity contribution is 0.262. The minimum absolute atomic E-state index is 0.346. The molecule has 5 nitrogen and oxygen atoms in total. The number of benzene rings is 1. The molecule has 0 radical (unpaired) electrons. The first-order valence-corrected chi connectivity index (χ1v) is 5.34. The van der Waals surface area contributed by atoms with Crippen LogP contribution in [0.3, 0.4) is 0 Å². The molecule has 0 aliphatic rings. The van der Waals surface area contributed by atoms with E-state index in [9.17, 15) is 4.79 Å². The fourth-order valence-electron chi connectivity index (χ4n) is 1.28. The molecule has 2 amide bonds. The maximum atomic E-state index is 11.6. The van der Waals surface area contributed by atoms with Crippen LogP contribution < -0.4 is 10.6 Å². The first kappa shape index (κ1) is 11.5. The van der Waals surface area contributed by atoms with Crippen LogP contribution in [-0.2, 0) is 7.05 Å². The van der Waals surface area contributed by atoms with Crippen LogP contribution in [0.25, 0.3) is 0 Å². The van der Waals surface area contributed by atoms with Gasteiger partial charge in [0.2, 0.25) is 5.95 Å². The number of rotatable bonds is 2. The van der Waals surface area contributed by atoms with Gasteiger partial charge in [0, 0.05) is 30.2 Å². The summed E-state index contributed by atoms with van der Waals surface area (Å²) in [5.41, 5.74) is 0.668. The van der Waals surface area contributed by atoms with Gasteiger partial charge in [0.1, 0.15) is 0 Å². The van der Waals surface area contributed by atoms with E-state index in [0.29, 0.717) is 16.7 Å². The van der Waals surface area contributed by atoms with Crippen molar-refractivity contribution >= 4 is 29.3 Å². The Morgan fingerprint density at radius 3 is 2.59 bits per heavy atom. The van der Waals surface area contributed by atoms with Crippen molar-refractivity contribution in [3.8, 4) is 0 Å². The van der Waals surface area contributed by atoms with Crippen molar-refractivity contribution in [1.29, 1.82) is 0 Å². The van der Waals surface area contributed by atoms with E-state index in [-0.39, 0.29) is 6.03 Å². The number of aromatic nitrogens is 2. The SMILES string of the molecule is Cn1ccnc1NC(=O)Nc1ccc(Cl)cc1. The van der Waals surface area contributed by atoms with Crippen LogP contribution >= 0.6 is 11.6 Å². The number of anilines is 2. The van der Waals surface area contributed by atoms with Gasteiger partial charge < -0.3 is 9.88 Å². The highest BCUT2D eigenvalue weighted by molar-refractivity contribution is 6.30. The number of amides is 2. The highest BCUT2D eigenvalue weighted by Crippen LogP contribution is 2.13. The van der Waals surface area contributed by atoms with E-state index in [0.717, 1.165) is 0 Å². The van der Waals surface area contributed by atoms with Crippen molar-refractivity contribution in [3.05, 3.63) is 41.7 Å². The number of aryl methyl sites for hydroxylation is 1. The number of carbonyl (C=O) groups excluding carboxylic acids is 1. The average Bonchev–Trinajstić information content (AvgIpc) is 2.68.